The maximum Gasteiger partial charge on any atom is 0.160 e. The van der Waals surface area contributed by atoms with Crippen molar-refractivity contribution in [3.05, 3.63) is 59.7 Å². The molecule has 0 aliphatic heterocycles. The molecule has 1 atom stereocenters. The second-order valence-electron chi connectivity index (χ2n) is 4.98. The molecule has 0 aromatic heterocycles. The fourth-order valence-corrected chi connectivity index (χ4v) is 2.16. The van der Waals surface area contributed by atoms with Crippen LogP contribution in [0.2, 0.25) is 0 Å². The standard InChI is InChI=1S/C17H21NO2/c1-13(18-12-14-6-4-3-5-7-14)10-15-8-9-16(19)17(11-15)20-2/h3-9,11,13,18-19H,10,12H2,1-2H3. The third-order valence-corrected chi connectivity index (χ3v) is 3.28. The van der Waals surface area contributed by atoms with Gasteiger partial charge in [0.2, 0.25) is 0 Å². The molecule has 0 saturated heterocycles. The molecule has 2 aromatic carbocycles. The number of hydrogen-bond acceptors (Lipinski definition) is 3. The number of ether oxygens (including phenoxy) is 1. The number of phenols is 1. The quantitative estimate of drug-likeness (QED) is 0.848. The van der Waals surface area contributed by atoms with Crippen LogP contribution in [0.5, 0.6) is 11.5 Å². The summed E-state index contributed by atoms with van der Waals surface area (Å²) in [5, 5.41) is 13.1. The summed E-state index contributed by atoms with van der Waals surface area (Å²) in [7, 11) is 1.57. The van der Waals surface area contributed by atoms with Crippen molar-refractivity contribution < 1.29 is 9.84 Å². The average molecular weight is 271 g/mol. The number of rotatable bonds is 6. The SMILES string of the molecule is COc1cc(CC(C)NCc2ccccc2)ccc1O. The third-order valence-electron chi connectivity index (χ3n) is 3.28. The van der Waals surface area contributed by atoms with Crippen molar-refractivity contribution in [1.29, 1.82) is 0 Å². The van der Waals surface area contributed by atoms with Gasteiger partial charge >= 0.3 is 0 Å². The lowest BCUT2D eigenvalue weighted by Crippen LogP contribution is -2.27. The lowest BCUT2D eigenvalue weighted by Gasteiger charge is -2.15. The van der Waals surface area contributed by atoms with Gasteiger partial charge in [0.15, 0.2) is 11.5 Å². The third kappa shape index (κ3) is 4.00. The summed E-state index contributed by atoms with van der Waals surface area (Å²) in [6, 6.07) is 16.2. The van der Waals surface area contributed by atoms with Crippen molar-refractivity contribution in [1.82, 2.24) is 5.32 Å². The Labute approximate surface area is 120 Å². The van der Waals surface area contributed by atoms with E-state index in [4.69, 9.17) is 4.74 Å². The molecule has 20 heavy (non-hydrogen) atoms. The molecule has 106 valence electrons. The van der Waals surface area contributed by atoms with Crippen LogP contribution in [0.15, 0.2) is 48.5 Å². The number of benzene rings is 2. The first kappa shape index (κ1) is 14.4. The van der Waals surface area contributed by atoms with E-state index in [2.05, 4.69) is 24.4 Å². The number of nitrogens with one attached hydrogen (secondary N) is 1. The highest BCUT2D eigenvalue weighted by Crippen LogP contribution is 2.26. The van der Waals surface area contributed by atoms with E-state index in [1.54, 1.807) is 13.2 Å². The molecule has 0 saturated carbocycles. The summed E-state index contributed by atoms with van der Waals surface area (Å²) in [4.78, 5) is 0. The Bertz CT molecular complexity index is 540. The topological polar surface area (TPSA) is 41.5 Å². The number of methoxy groups -OCH3 is 1. The van der Waals surface area contributed by atoms with Gasteiger partial charge in [-0.2, -0.15) is 0 Å². The lowest BCUT2D eigenvalue weighted by molar-refractivity contribution is 0.372. The summed E-state index contributed by atoms with van der Waals surface area (Å²) in [6.45, 7) is 3.01. The van der Waals surface area contributed by atoms with Crippen molar-refractivity contribution in [2.75, 3.05) is 7.11 Å². The molecule has 0 spiro atoms. The summed E-state index contributed by atoms with van der Waals surface area (Å²) in [5.41, 5.74) is 2.43. The molecule has 0 bridgehead atoms. The van der Waals surface area contributed by atoms with Gasteiger partial charge < -0.3 is 15.2 Å². The van der Waals surface area contributed by atoms with Gasteiger partial charge in [-0.15, -0.1) is 0 Å². The molecule has 2 rings (SSSR count). The van der Waals surface area contributed by atoms with E-state index in [1.165, 1.54) is 5.56 Å². The monoisotopic (exact) mass is 271 g/mol. The van der Waals surface area contributed by atoms with Gasteiger partial charge in [0.05, 0.1) is 7.11 Å². The summed E-state index contributed by atoms with van der Waals surface area (Å²) >= 11 is 0. The maximum atomic E-state index is 9.58. The first-order chi connectivity index (χ1) is 9.69. The van der Waals surface area contributed by atoms with E-state index in [1.807, 2.05) is 30.3 Å². The first-order valence-corrected chi connectivity index (χ1v) is 6.82. The van der Waals surface area contributed by atoms with Crippen LogP contribution in [0.3, 0.4) is 0 Å². The van der Waals surface area contributed by atoms with Gasteiger partial charge in [-0.25, -0.2) is 0 Å². The summed E-state index contributed by atoms with van der Waals surface area (Å²) in [5.74, 6) is 0.707. The van der Waals surface area contributed by atoms with Gasteiger partial charge in [0, 0.05) is 12.6 Å². The Morgan fingerprint density at radius 1 is 1.10 bits per heavy atom. The smallest absolute Gasteiger partial charge is 0.160 e. The van der Waals surface area contributed by atoms with E-state index in [0.717, 1.165) is 18.5 Å². The number of phenolic OH excluding ortho intramolecular Hbond substituents is 1. The number of hydrogen-bond donors (Lipinski definition) is 2. The van der Waals surface area contributed by atoms with E-state index >= 15 is 0 Å². The molecule has 0 aliphatic carbocycles. The molecule has 3 heteroatoms. The van der Waals surface area contributed by atoms with Crippen LogP contribution < -0.4 is 10.1 Å². The molecule has 2 N–H and O–H groups in total. The molecule has 1 unspecified atom stereocenters. The first-order valence-electron chi connectivity index (χ1n) is 6.82. The minimum Gasteiger partial charge on any atom is -0.504 e. The van der Waals surface area contributed by atoms with Gasteiger partial charge in [-0.05, 0) is 36.6 Å². The van der Waals surface area contributed by atoms with Crippen molar-refractivity contribution >= 4 is 0 Å². The Morgan fingerprint density at radius 3 is 2.55 bits per heavy atom. The second-order valence-corrected chi connectivity index (χ2v) is 4.98. The van der Waals surface area contributed by atoms with Crippen LogP contribution >= 0.6 is 0 Å². The van der Waals surface area contributed by atoms with Gasteiger partial charge in [0.25, 0.3) is 0 Å². The van der Waals surface area contributed by atoms with E-state index in [0.29, 0.717) is 11.8 Å². The van der Waals surface area contributed by atoms with Crippen LogP contribution in [-0.2, 0) is 13.0 Å². The fraction of sp³-hybridized carbons (Fsp3) is 0.294. The zero-order valence-corrected chi connectivity index (χ0v) is 12.0. The molecule has 0 amide bonds. The second kappa shape index (κ2) is 6.96. The molecule has 0 heterocycles. The van der Waals surface area contributed by atoms with Gasteiger partial charge in [0.1, 0.15) is 0 Å². The van der Waals surface area contributed by atoms with Crippen LogP contribution in [0.25, 0.3) is 0 Å². The summed E-state index contributed by atoms with van der Waals surface area (Å²) in [6.07, 6.45) is 0.892. The highest BCUT2D eigenvalue weighted by Gasteiger charge is 2.07. The number of aromatic hydroxyl groups is 1. The van der Waals surface area contributed by atoms with Crippen LogP contribution in [0.4, 0.5) is 0 Å². The molecule has 2 aromatic rings. The van der Waals surface area contributed by atoms with Crippen molar-refractivity contribution in [2.24, 2.45) is 0 Å². The minimum atomic E-state index is 0.182. The molecule has 3 nitrogen and oxygen atoms in total. The average Bonchev–Trinajstić information content (AvgIpc) is 2.48. The molecule has 0 fully saturated rings. The van der Waals surface area contributed by atoms with E-state index < -0.39 is 0 Å². The van der Waals surface area contributed by atoms with Crippen molar-refractivity contribution in [3.63, 3.8) is 0 Å². The normalized spacial score (nSPS) is 12.1. The van der Waals surface area contributed by atoms with Crippen LogP contribution in [-0.4, -0.2) is 18.3 Å². The largest absolute Gasteiger partial charge is 0.504 e. The van der Waals surface area contributed by atoms with Gasteiger partial charge in [-0.3, -0.25) is 0 Å². The van der Waals surface area contributed by atoms with Crippen molar-refractivity contribution in [2.45, 2.75) is 25.9 Å². The minimum absolute atomic E-state index is 0.182. The van der Waals surface area contributed by atoms with Crippen LogP contribution in [0, 0.1) is 0 Å². The Morgan fingerprint density at radius 2 is 1.85 bits per heavy atom. The predicted molar refractivity (Wildman–Crippen MR) is 81.1 cm³/mol. The Hall–Kier alpha value is -2.00. The van der Waals surface area contributed by atoms with Gasteiger partial charge in [-0.1, -0.05) is 36.4 Å². The van der Waals surface area contributed by atoms with E-state index in [9.17, 15) is 5.11 Å². The lowest BCUT2D eigenvalue weighted by atomic mass is 10.1. The summed E-state index contributed by atoms with van der Waals surface area (Å²) < 4.78 is 5.13. The van der Waals surface area contributed by atoms with Crippen LogP contribution in [0.1, 0.15) is 18.1 Å². The zero-order valence-electron chi connectivity index (χ0n) is 12.0. The zero-order chi connectivity index (χ0) is 14.4. The molecule has 0 radical (unpaired) electrons. The van der Waals surface area contributed by atoms with E-state index in [-0.39, 0.29) is 5.75 Å². The Balaban J connectivity index is 1.89. The fourth-order valence-electron chi connectivity index (χ4n) is 2.16. The predicted octanol–water partition coefficient (Wildman–Crippen LogP) is 3.12. The highest BCUT2D eigenvalue weighted by molar-refractivity contribution is 5.41. The molecular weight excluding hydrogens is 250 g/mol. The van der Waals surface area contributed by atoms with Crippen molar-refractivity contribution in [3.8, 4) is 11.5 Å². The molecular formula is C17H21NO2. The highest BCUT2D eigenvalue weighted by atomic mass is 16.5. The Kier molecular flexibility index (Phi) is 5.02. The maximum absolute atomic E-state index is 9.58. The molecule has 0 aliphatic rings.